The first-order valence-electron chi connectivity index (χ1n) is 10.2. The van der Waals surface area contributed by atoms with Gasteiger partial charge in [0.15, 0.2) is 0 Å². The largest absolute Gasteiger partial charge is 0.355 e. The lowest BCUT2D eigenvalue weighted by Crippen LogP contribution is -2.48. The van der Waals surface area contributed by atoms with E-state index in [1.807, 2.05) is 24.3 Å². The Morgan fingerprint density at radius 2 is 1.93 bits per heavy atom. The fraction of sp³-hybridized carbons (Fsp3) is 0.571. The minimum atomic E-state index is -0.343. The third-order valence-corrected chi connectivity index (χ3v) is 5.68. The van der Waals surface area contributed by atoms with E-state index in [4.69, 9.17) is 5.73 Å². The van der Waals surface area contributed by atoms with Crippen LogP contribution in [0.5, 0.6) is 0 Å². The molecule has 0 bridgehead atoms. The molecule has 0 aliphatic carbocycles. The molecular weight excluding hydrogens is 356 g/mol. The maximum absolute atomic E-state index is 13.0. The number of carbonyl (C=O) groups is 3. The smallest absolute Gasteiger partial charge is 0.228 e. The van der Waals surface area contributed by atoms with Crippen LogP contribution in [0.2, 0.25) is 0 Å². The lowest BCUT2D eigenvalue weighted by Gasteiger charge is -2.33. The minimum Gasteiger partial charge on any atom is -0.355 e. The molecule has 2 fully saturated rings. The molecular formula is C21H30N4O3. The molecule has 0 saturated carbocycles. The molecule has 2 aliphatic rings. The quantitative estimate of drug-likeness (QED) is 0.760. The number of nitrogens with one attached hydrogen (secondary N) is 1. The van der Waals surface area contributed by atoms with Gasteiger partial charge in [0.1, 0.15) is 0 Å². The van der Waals surface area contributed by atoms with Crippen LogP contribution in [0.4, 0.5) is 5.69 Å². The standard InChI is InChI=1S/C21H30N4O3/c1-2-15-5-7-18(8-6-15)25-14-17(12-19(25)26)21(28)24-11-3-4-16(13-24)20(27)23-10-9-22/h5-8,16-17H,2-4,9-14,22H2,1H3,(H,23,27). The van der Waals surface area contributed by atoms with Crippen molar-refractivity contribution in [1.29, 1.82) is 0 Å². The zero-order chi connectivity index (χ0) is 20.1. The summed E-state index contributed by atoms with van der Waals surface area (Å²) in [7, 11) is 0. The van der Waals surface area contributed by atoms with Gasteiger partial charge in [-0.05, 0) is 37.0 Å². The number of piperidine rings is 1. The fourth-order valence-corrected chi connectivity index (χ4v) is 4.02. The molecule has 3 amide bonds. The molecule has 3 N–H and O–H groups in total. The van der Waals surface area contributed by atoms with Crippen LogP contribution in [0.1, 0.15) is 31.7 Å². The van der Waals surface area contributed by atoms with Crippen molar-refractivity contribution in [3.8, 4) is 0 Å². The van der Waals surface area contributed by atoms with E-state index in [-0.39, 0.29) is 36.0 Å². The number of aryl methyl sites for hydroxylation is 1. The van der Waals surface area contributed by atoms with Crippen LogP contribution in [-0.4, -0.2) is 55.3 Å². The number of carbonyl (C=O) groups excluding carboxylic acids is 3. The van der Waals surface area contributed by atoms with Crippen molar-refractivity contribution in [3.05, 3.63) is 29.8 Å². The van der Waals surface area contributed by atoms with E-state index in [9.17, 15) is 14.4 Å². The summed E-state index contributed by atoms with van der Waals surface area (Å²) in [4.78, 5) is 41.2. The minimum absolute atomic E-state index is 0.0163. The van der Waals surface area contributed by atoms with Crippen LogP contribution in [0, 0.1) is 11.8 Å². The highest BCUT2D eigenvalue weighted by Crippen LogP contribution is 2.28. The van der Waals surface area contributed by atoms with Crippen molar-refractivity contribution in [2.24, 2.45) is 17.6 Å². The second-order valence-electron chi connectivity index (χ2n) is 7.63. The van der Waals surface area contributed by atoms with Crippen molar-refractivity contribution < 1.29 is 14.4 Å². The Bertz CT molecular complexity index is 719. The van der Waals surface area contributed by atoms with Crippen LogP contribution in [-0.2, 0) is 20.8 Å². The summed E-state index contributed by atoms with van der Waals surface area (Å²) in [6.07, 6.45) is 2.76. The number of amides is 3. The summed E-state index contributed by atoms with van der Waals surface area (Å²) in [6.45, 7) is 4.42. The first-order valence-corrected chi connectivity index (χ1v) is 10.2. The molecule has 2 aliphatic heterocycles. The van der Waals surface area contributed by atoms with Gasteiger partial charge in [-0.25, -0.2) is 0 Å². The number of hydrogen-bond acceptors (Lipinski definition) is 4. The monoisotopic (exact) mass is 386 g/mol. The second-order valence-corrected chi connectivity index (χ2v) is 7.63. The predicted molar refractivity (Wildman–Crippen MR) is 108 cm³/mol. The fourth-order valence-electron chi connectivity index (χ4n) is 4.02. The molecule has 0 spiro atoms. The first-order chi connectivity index (χ1) is 13.5. The molecule has 2 unspecified atom stereocenters. The first kappa shape index (κ1) is 20.3. The molecule has 3 rings (SSSR count). The van der Waals surface area contributed by atoms with Crippen molar-refractivity contribution in [3.63, 3.8) is 0 Å². The number of nitrogens with two attached hydrogens (primary N) is 1. The van der Waals surface area contributed by atoms with Gasteiger partial charge in [0, 0.05) is 44.8 Å². The van der Waals surface area contributed by atoms with Gasteiger partial charge in [0.25, 0.3) is 0 Å². The molecule has 152 valence electrons. The van der Waals surface area contributed by atoms with Gasteiger partial charge in [-0.3, -0.25) is 14.4 Å². The molecule has 2 heterocycles. The van der Waals surface area contributed by atoms with E-state index in [1.165, 1.54) is 5.56 Å². The molecule has 2 atom stereocenters. The maximum Gasteiger partial charge on any atom is 0.228 e. The van der Waals surface area contributed by atoms with Crippen LogP contribution < -0.4 is 16.0 Å². The predicted octanol–water partition coefficient (Wildman–Crippen LogP) is 0.915. The van der Waals surface area contributed by atoms with Gasteiger partial charge >= 0.3 is 0 Å². The highest BCUT2D eigenvalue weighted by atomic mass is 16.2. The molecule has 1 aromatic carbocycles. The van der Waals surface area contributed by atoms with Crippen molar-refractivity contribution in [2.75, 3.05) is 37.6 Å². The summed E-state index contributed by atoms with van der Waals surface area (Å²) < 4.78 is 0. The van der Waals surface area contributed by atoms with Crippen LogP contribution >= 0.6 is 0 Å². The number of likely N-dealkylation sites (tertiary alicyclic amines) is 1. The number of nitrogens with zero attached hydrogens (tertiary/aromatic N) is 2. The zero-order valence-electron chi connectivity index (χ0n) is 16.5. The maximum atomic E-state index is 13.0. The van der Waals surface area contributed by atoms with E-state index in [2.05, 4.69) is 12.2 Å². The molecule has 2 saturated heterocycles. The van der Waals surface area contributed by atoms with Crippen molar-refractivity contribution in [2.45, 2.75) is 32.6 Å². The average Bonchev–Trinajstić information content (AvgIpc) is 3.13. The van der Waals surface area contributed by atoms with Gasteiger partial charge in [-0.15, -0.1) is 0 Å². The summed E-state index contributed by atoms with van der Waals surface area (Å²) >= 11 is 0. The SMILES string of the molecule is CCc1ccc(N2CC(C(=O)N3CCCC(C(=O)NCCN)C3)CC2=O)cc1. The zero-order valence-corrected chi connectivity index (χ0v) is 16.5. The molecule has 0 aromatic heterocycles. The Morgan fingerprint density at radius 3 is 2.61 bits per heavy atom. The van der Waals surface area contributed by atoms with Gasteiger partial charge in [-0.2, -0.15) is 0 Å². The summed E-state index contributed by atoms with van der Waals surface area (Å²) in [5.74, 6) is -0.611. The van der Waals surface area contributed by atoms with Crippen molar-refractivity contribution in [1.82, 2.24) is 10.2 Å². The molecule has 7 nitrogen and oxygen atoms in total. The number of anilines is 1. The Morgan fingerprint density at radius 1 is 1.18 bits per heavy atom. The normalized spacial score (nSPS) is 22.4. The average molecular weight is 386 g/mol. The van der Waals surface area contributed by atoms with E-state index in [1.54, 1.807) is 9.80 Å². The van der Waals surface area contributed by atoms with E-state index in [0.717, 1.165) is 24.9 Å². The Hall–Kier alpha value is -2.41. The van der Waals surface area contributed by atoms with Gasteiger partial charge in [0.2, 0.25) is 17.7 Å². The lowest BCUT2D eigenvalue weighted by molar-refractivity contribution is -0.139. The topological polar surface area (TPSA) is 95.7 Å². The summed E-state index contributed by atoms with van der Waals surface area (Å²) in [5, 5.41) is 2.81. The van der Waals surface area contributed by atoms with E-state index in [0.29, 0.717) is 32.7 Å². The summed E-state index contributed by atoms with van der Waals surface area (Å²) in [6, 6.07) is 7.94. The second kappa shape index (κ2) is 9.19. The summed E-state index contributed by atoms with van der Waals surface area (Å²) in [5.41, 5.74) is 7.50. The van der Waals surface area contributed by atoms with Crippen LogP contribution in [0.15, 0.2) is 24.3 Å². The number of hydrogen-bond donors (Lipinski definition) is 2. The van der Waals surface area contributed by atoms with Gasteiger partial charge < -0.3 is 20.9 Å². The Kier molecular flexibility index (Phi) is 6.67. The van der Waals surface area contributed by atoms with Crippen LogP contribution in [0.3, 0.4) is 0 Å². The van der Waals surface area contributed by atoms with E-state index < -0.39 is 0 Å². The molecule has 28 heavy (non-hydrogen) atoms. The number of rotatable bonds is 6. The van der Waals surface area contributed by atoms with Crippen molar-refractivity contribution >= 4 is 23.4 Å². The third kappa shape index (κ3) is 4.52. The Labute approximate surface area is 166 Å². The molecule has 7 heteroatoms. The number of benzene rings is 1. The molecule has 0 radical (unpaired) electrons. The Balaban J connectivity index is 1.61. The highest BCUT2D eigenvalue weighted by Gasteiger charge is 2.39. The van der Waals surface area contributed by atoms with E-state index >= 15 is 0 Å². The third-order valence-electron chi connectivity index (χ3n) is 5.68. The van der Waals surface area contributed by atoms with Gasteiger partial charge in [0.05, 0.1) is 11.8 Å². The molecule has 1 aromatic rings. The van der Waals surface area contributed by atoms with Gasteiger partial charge in [-0.1, -0.05) is 19.1 Å². The highest BCUT2D eigenvalue weighted by molar-refractivity contribution is 6.00. The van der Waals surface area contributed by atoms with Crippen LogP contribution in [0.25, 0.3) is 0 Å². The lowest BCUT2D eigenvalue weighted by atomic mass is 9.95.